The molecule has 0 fully saturated rings. The highest BCUT2D eigenvalue weighted by Crippen LogP contribution is 2.17. The van der Waals surface area contributed by atoms with E-state index in [1.165, 1.54) is 12.1 Å². The summed E-state index contributed by atoms with van der Waals surface area (Å²) < 4.78 is 10.9. The van der Waals surface area contributed by atoms with E-state index in [4.69, 9.17) is 15.3 Å². The summed E-state index contributed by atoms with van der Waals surface area (Å²) in [6.07, 6.45) is 1.44. The Morgan fingerprint density at radius 1 is 0.971 bits per heavy atom. The van der Waals surface area contributed by atoms with Crippen LogP contribution in [0.15, 0.2) is 79.1 Å². The van der Waals surface area contributed by atoms with Gasteiger partial charge in [0.15, 0.2) is 12.1 Å². The molecule has 0 radical (unpaired) electrons. The number of nitrogens with one attached hydrogen (secondary N) is 1. The van der Waals surface area contributed by atoms with E-state index in [0.717, 1.165) is 0 Å². The Morgan fingerprint density at radius 2 is 1.60 bits per heavy atom. The first-order valence-electron chi connectivity index (χ1n) is 10.7. The van der Waals surface area contributed by atoms with Gasteiger partial charge >= 0.3 is 11.9 Å². The number of carbonyl (C=O) groups excluding carboxylic acids is 2. The van der Waals surface area contributed by atoms with Gasteiger partial charge in [0, 0.05) is 24.5 Å². The average molecular weight is 479 g/mol. The largest absolute Gasteiger partial charge is 0.480 e. The number of hydrogen-bond acceptors (Lipinski definition) is 9. The van der Waals surface area contributed by atoms with E-state index >= 15 is 0 Å². The topological polar surface area (TPSA) is 157 Å². The van der Waals surface area contributed by atoms with E-state index in [1.54, 1.807) is 67.0 Å². The Bertz CT molecular complexity index is 1100. The molecule has 4 N–H and O–H groups in total. The second-order valence-corrected chi connectivity index (χ2v) is 7.25. The molecule has 0 spiro atoms. The van der Waals surface area contributed by atoms with Crippen molar-refractivity contribution in [2.75, 3.05) is 18.5 Å². The summed E-state index contributed by atoms with van der Waals surface area (Å²) in [5.74, 6) is 1.07. The lowest BCUT2D eigenvalue weighted by Crippen LogP contribution is -2.55. The van der Waals surface area contributed by atoms with Crippen molar-refractivity contribution in [2.24, 2.45) is 11.8 Å². The Hall–Kier alpha value is -4.35. The minimum absolute atomic E-state index is 0.117. The zero-order valence-electron chi connectivity index (χ0n) is 18.7. The quantitative estimate of drug-likeness (QED) is 0.0664. The van der Waals surface area contributed by atoms with Crippen molar-refractivity contribution < 1.29 is 29.0 Å². The molecule has 0 aliphatic carbocycles. The van der Waals surface area contributed by atoms with Crippen LogP contribution in [0.2, 0.25) is 0 Å². The van der Waals surface area contributed by atoms with E-state index in [2.05, 4.69) is 15.3 Å². The van der Waals surface area contributed by atoms with Gasteiger partial charge in [-0.3, -0.25) is 14.4 Å². The lowest BCUT2D eigenvalue weighted by Gasteiger charge is -2.30. The minimum Gasteiger partial charge on any atom is -0.480 e. The summed E-state index contributed by atoms with van der Waals surface area (Å²) in [6.45, 7) is -0.117. The van der Waals surface area contributed by atoms with Crippen molar-refractivity contribution >= 4 is 23.8 Å². The molecule has 11 heteroatoms. The highest BCUT2D eigenvalue weighted by Gasteiger charge is 2.42. The number of esters is 1. The first-order chi connectivity index (χ1) is 17.0. The van der Waals surface area contributed by atoms with Crippen LogP contribution in [0.3, 0.4) is 0 Å². The van der Waals surface area contributed by atoms with Crippen LogP contribution < -0.4 is 11.2 Å². The predicted molar refractivity (Wildman–Crippen MR) is 124 cm³/mol. The third-order valence-electron chi connectivity index (χ3n) is 4.80. The van der Waals surface area contributed by atoms with Gasteiger partial charge in [-0.15, -0.1) is 0 Å². The number of nitrogens with zero attached hydrogens (tertiary/aromatic N) is 3. The summed E-state index contributed by atoms with van der Waals surface area (Å²) in [5, 5.41) is 13.3. The molecule has 3 rings (SSSR count). The predicted octanol–water partition coefficient (Wildman–Crippen LogP) is 1.69. The molecule has 1 aromatic heterocycles. The van der Waals surface area contributed by atoms with Gasteiger partial charge in [0.25, 0.3) is 5.91 Å². The number of carboxylic acid groups (broad SMARTS) is 1. The van der Waals surface area contributed by atoms with Gasteiger partial charge in [-0.05, 0) is 23.8 Å². The number of aromatic nitrogens is 2. The minimum atomic E-state index is -1.90. The van der Waals surface area contributed by atoms with E-state index in [-0.39, 0.29) is 25.3 Å². The first kappa shape index (κ1) is 25.3. The van der Waals surface area contributed by atoms with Crippen molar-refractivity contribution in [3.63, 3.8) is 0 Å². The van der Waals surface area contributed by atoms with Crippen LogP contribution in [0.25, 0.3) is 0 Å². The van der Waals surface area contributed by atoms with Crippen LogP contribution >= 0.6 is 0 Å². The van der Waals surface area contributed by atoms with Crippen LogP contribution in [0, 0.1) is 5.92 Å². The number of anilines is 1. The Balaban J connectivity index is 1.75. The highest BCUT2D eigenvalue weighted by molar-refractivity contribution is 5.97. The second kappa shape index (κ2) is 12.8. The van der Waals surface area contributed by atoms with E-state index in [0.29, 0.717) is 16.5 Å². The molecule has 182 valence electrons. The average Bonchev–Trinajstić information content (AvgIpc) is 2.89. The lowest BCUT2D eigenvalue weighted by molar-refractivity contribution is -0.174. The number of hydrazine groups is 1. The Morgan fingerprint density at radius 3 is 2.23 bits per heavy atom. The molecule has 2 aromatic carbocycles. The summed E-state index contributed by atoms with van der Waals surface area (Å²) in [4.78, 5) is 45.8. The van der Waals surface area contributed by atoms with Crippen LogP contribution in [0.5, 0.6) is 0 Å². The smallest absolute Gasteiger partial charge is 0.325 e. The number of hydrogen-bond donors (Lipinski definition) is 3. The molecule has 35 heavy (non-hydrogen) atoms. The van der Waals surface area contributed by atoms with E-state index in [9.17, 15) is 19.5 Å². The zero-order valence-corrected chi connectivity index (χ0v) is 18.7. The molecule has 0 saturated heterocycles. The highest BCUT2D eigenvalue weighted by atomic mass is 16.5. The Labute approximate surface area is 201 Å². The molecule has 1 heterocycles. The van der Waals surface area contributed by atoms with Crippen LogP contribution in [0.1, 0.15) is 15.9 Å². The van der Waals surface area contributed by atoms with Crippen molar-refractivity contribution in [1.82, 2.24) is 15.0 Å². The fourth-order valence-corrected chi connectivity index (χ4v) is 3.07. The Kier molecular flexibility index (Phi) is 9.22. The summed E-state index contributed by atoms with van der Waals surface area (Å²) in [5.41, 5.74) is 0.862. The maximum atomic E-state index is 12.9. The van der Waals surface area contributed by atoms with Gasteiger partial charge in [-0.2, -0.15) is 0 Å². The molecule has 0 saturated carbocycles. The molecule has 1 unspecified atom stereocenters. The molecule has 11 nitrogen and oxygen atoms in total. The van der Waals surface area contributed by atoms with Gasteiger partial charge in [-0.1, -0.05) is 48.5 Å². The van der Waals surface area contributed by atoms with Crippen molar-refractivity contribution in [3.8, 4) is 0 Å². The van der Waals surface area contributed by atoms with Gasteiger partial charge in [0.1, 0.15) is 6.61 Å². The van der Waals surface area contributed by atoms with Crippen LogP contribution in [-0.4, -0.2) is 57.3 Å². The number of rotatable bonds is 12. The van der Waals surface area contributed by atoms with Crippen LogP contribution in [0.4, 0.5) is 5.95 Å². The lowest BCUT2D eigenvalue weighted by atomic mass is 10.1. The third-order valence-corrected chi connectivity index (χ3v) is 4.80. The maximum absolute atomic E-state index is 12.9. The first-order valence-corrected chi connectivity index (χ1v) is 10.7. The molecule has 3 aromatic rings. The number of benzene rings is 2. The standard InChI is InChI=1S/C24H25N5O6/c25-29(20(30)18-10-5-2-6-11-18)21(34-15-14-28-24-26-12-7-13-27-24)19(22(31)32)23(33)35-16-17-8-3-1-4-9-17/h1-13,19,21H,14-16,25H2,(H,31,32)(H,26,27,28)/t19-,21?/m0/s1. The van der Waals surface area contributed by atoms with E-state index in [1.807, 2.05) is 0 Å². The fourth-order valence-electron chi connectivity index (χ4n) is 3.07. The number of nitrogens with two attached hydrogens (primary N) is 1. The fraction of sp³-hybridized carbons (Fsp3) is 0.208. The molecule has 0 aliphatic rings. The normalized spacial score (nSPS) is 12.3. The molecular formula is C24H25N5O6. The third kappa shape index (κ3) is 7.32. The summed E-state index contributed by atoms with van der Waals surface area (Å²) in [7, 11) is 0. The van der Waals surface area contributed by atoms with Gasteiger partial charge in [0.2, 0.25) is 5.95 Å². The van der Waals surface area contributed by atoms with Crippen molar-refractivity contribution in [3.05, 3.63) is 90.3 Å². The van der Waals surface area contributed by atoms with Crippen molar-refractivity contribution in [2.45, 2.75) is 12.8 Å². The molecular weight excluding hydrogens is 454 g/mol. The number of aliphatic carboxylic acids is 1. The monoisotopic (exact) mass is 479 g/mol. The summed E-state index contributed by atoms with van der Waals surface area (Å²) in [6, 6.07) is 18.4. The molecule has 1 amide bonds. The summed E-state index contributed by atoms with van der Waals surface area (Å²) >= 11 is 0. The zero-order chi connectivity index (χ0) is 25.0. The molecule has 0 bridgehead atoms. The SMILES string of the molecule is NN(C(=O)c1ccccc1)C(OCCNc1ncccn1)[C@@H](C(=O)O)C(=O)OCc1ccccc1. The van der Waals surface area contributed by atoms with Crippen LogP contribution in [-0.2, 0) is 25.7 Å². The molecule has 0 aliphatic heterocycles. The van der Waals surface area contributed by atoms with Gasteiger partial charge < -0.3 is 19.9 Å². The maximum Gasteiger partial charge on any atom is 0.325 e. The van der Waals surface area contributed by atoms with Gasteiger partial charge in [0.05, 0.1) is 6.61 Å². The number of carboxylic acids is 1. The number of carbonyl (C=O) groups is 3. The molecule has 2 atom stereocenters. The number of ether oxygens (including phenoxy) is 2. The van der Waals surface area contributed by atoms with Crippen molar-refractivity contribution in [1.29, 1.82) is 0 Å². The second-order valence-electron chi connectivity index (χ2n) is 7.25. The van der Waals surface area contributed by atoms with E-state index < -0.39 is 30.0 Å². The van der Waals surface area contributed by atoms with Gasteiger partial charge in [-0.25, -0.2) is 20.8 Å². The number of amides is 1.